The second-order valence-corrected chi connectivity index (χ2v) is 9.23. The molecule has 9 heteroatoms. The Morgan fingerprint density at radius 3 is 2.79 bits per heavy atom. The molecule has 1 aliphatic carbocycles. The molecule has 1 amide bonds. The van der Waals surface area contributed by atoms with Gasteiger partial charge < -0.3 is 16.0 Å². The van der Waals surface area contributed by atoms with Gasteiger partial charge in [0.05, 0.1) is 11.4 Å². The topological polar surface area (TPSA) is 115 Å². The zero-order valence-corrected chi connectivity index (χ0v) is 19.2. The van der Waals surface area contributed by atoms with Crippen LogP contribution in [0.3, 0.4) is 0 Å². The van der Waals surface area contributed by atoms with Gasteiger partial charge in [0, 0.05) is 25.3 Å². The molecule has 2 aromatic heterocycles. The van der Waals surface area contributed by atoms with Crippen molar-refractivity contribution in [1.82, 2.24) is 30.3 Å². The highest BCUT2D eigenvalue weighted by atomic mass is 16.2. The van der Waals surface area contributed by atoms with Crippen LogP contribution < -0.4 is 16.0 Å². The fraction of sp³-hybridized carbons (Fsp3) is 0.458. The molecule has 0 saturated heterocycles. The number of fused-ring (bicyclic) bond motifs is 1. The van der Waals surface area contributed by atoms with E-state index in [1.54, 1.807) is 16.9 Å². The maximum absolute atomic E-state index is 12.9. The monoisotopic (exact) mass is 446 g/mol. The summed E-state index contributed by atoms with van der Waals surface area (Å²) < 4.78 is 1.79. The van der Waals surface area contributed by atoms with E-state index < -0.39 is 0 Å². The number of anilines is 2. The number of benzene rings is 1. The van der Waals surface area contributed by atoms with E-state index in [2.05, 4.69) is 43.5 Å². The molecule has 3 aromatic rings. The molecule has 3 N–H and O–H groups in total. The molecule has 0 bridgehead atoms. The van der Waals surface area contributed by atoms with Crippen molar-refractivity contribution in [1.29, 1.82) is 0 Å². The van der Waals surface area contributed by atoms with Gasteiger partial charge in [-0.25, -0.2) is 9.67 Å². The number of rotatable bonds is 4. The normalized spacial score (nSPS) is 20.4. The molecule has 0 unspecified atom stereocenters. The van der Waals surface area contributed by atoms with Gasteiger partial charge in [-0.1, -0.05) is 24.3 Å². The largest absolute Gasteiger partial charge is 0.384 e. The van der Waals surface area contributed by atoms with Crippen LogP contribution in [-0.2, 0) is 13.0 Å². The van der Waals surface area contributed by atoms with Gasteiger partial charge in [0.1, 0.15) is 5.82 Å². The number of nitrogens with one attached hydrogen (secondary N) is 1. The zero-order valence-electron chi connectivity index (χ0n) is 19.2. The molecule has 1 fully saturated rings. The molecule has 0 spiro atoms. The SMILES string of the molecule is Cc1c(C(=O)NC2CCC(C)CC2)nnn1-c1cccc2c1CCN(c1nccc(N)n1)C2. The van der Waals surface area contributed by atoms with Crippen LogP contribution in [0.15, 0.2) is 30.5 Å². The van der Waals surface area contributed by atoms with Crippen molar-refractivity contribution in [2.24, 2.45) is 5.92 Å². The molecule has 0 radical (unpaired) electrons. The van der Waals surface area contributed by atoms with Crippen LogP contribution in [0, 0.1) is 12.8 Å². The van der Waals surface area contributed by atoms with Crippen LogP contribution >= 0.6 is 0 Å². The lowest BCUT2D eigenvalue weighted by atomic mass is 9.87. The Morgan fingerprint density at radius 2 is 2.00 bits per heavy atom. The number of nitrogens with two attached hydrogens (primary N) is 1. The quantitative estimate of drug-likeness (QED) is 0.633. The first-order valence-electron chi connectivity index (χ1n) is 11.7. The van der Waals surface area contributed by atoms with Gasteiger partial charge in [-0.05, 0) is 68.2 Å². The van der Waals surface area contributed by atoms with Crippen LogP contribution in [0.2, 0.25) is 0 Å². The number of nitrogens with zero attached hydrogens (tertiary/aromatic N) is 6. The van der Waals surface area contributed by atoms with E-state index in [1.807, 2.05) is 19.1 Å². The predicted octanol–water partition coefficient (Wildman–Crippen LogP) is 2.82. The van der Waals surface area contributed by atoms with Gasteiger partial charge in [0.25, 0.3) is 5.91 Å². The summed E-state index contributed by atoms with van der Waals surface area (Å²) in [5.74, 6) is 1.71. The molecule has 172 valence electrons. The molecule has 5 rings (SSSR count). The summed E-state index contributed by atoms with van der Waals surface area (Å²) in [5, 5.41) is 11.8. The van der Waals surface area contributed by atoms with Crippen LogP contribution in [0.4, 0.5) is 11.8 Å². The number of aromatic nitrogens is 5. The van der Waals surface area contributed by atoms with Crippen molar-refractivity contribution < 1.29 is 4.79 Å². The standard InChI is InChI=1S/C24H30N8O/c1-15-6-8-18(9-7-15)27-23(33)22-16(2)32(30-29-22)20-5-3-4-17-14-31(13-11-19(17)20)24-26-12-10-21(25)28-24/h3-5,10,12,15,18H,6-9,11,13-14H2,1-2H3,(H,27,33)(H2,25,26,28). The minimum atomic E-state index is -0.131. The molecule has 1 aromatic carbocycles. The number of nitrogen functional groups attached to an aromatic ring is 1. The van der Waals surface area contributed by atoms with Gasteiger partial charge in [-0.3, -0.25) is 4.79 Å². The van der Waals surface area contributed by atoms with Gasteiger partial charge in [-0.15, -0.1) is 5.10 Å². The summed E-state index contributed by atoms with van der Waals surface area (Å²) in [6.45, 7) is 5.64. The van der Waals surface area contributed by atoms with E-state index in [0.29, 0.717) is 24.0 Å². The summed E-state index contributed by atoms with van der Waals surface area (Å²) in [4.78, 5) is 23.8. The highest BCUT2D eigenvalue weighted by molar-refractivity contribution is 5.93. The highest BCUT2D eigenvalue weighted by Gasteiger charge is 2.26. The number of carbonyl (C=O) groups is 1. The first-order chi connectivity index (χ1) is 16.0. The van der Waals surface area contributed by atoms with E-state index in [-0.39, 0.29) is 11.9 Å². The third kappa shape index (κ3) is 4.27. The minimum absolute atomic E-state index is 0.131. The predicted molar refractivity (Wildman–Crippen MR) is 126 cm³/mol. The first kappa shape index (κ1) is 21.4. The summed E-state index contributed by atoms with van der Waals surface area (Å²) in [6, 6.07) is 8.08. The molecule has 1 saturated carbocycles. The van der Waals surface area contributed by atoms with Crippen molar-refractivity contribution in [3.05, 3.63) is 53.0 Å². The average molecular weight is 447 g/mol. The molecular weight excluding hydrogens is 416 g/mol. The lowest BCUT2D eigenvalue weighted by Crippen LogP contribution is -2.37. The maximum atomic E-state index is 12.9. The Bertz CT molecular complexity index is 1170. The molecule has 0 atom stereocenters. The second-order valence-electron chi connectivity index (χ2n) is 9.23. The smallest absolute Gasteiger partial charge is 0.273 e. The van der Waals surface area contributed by atoms with E-state index >= 15 is 0 Å². The Labute approximate surface area is 193 Å². The fourth-order valence-corrected chi connectivity index (χ4v) is 4.90. The average Bonchev–Trinajstić information content (AvgIpc) is 3.21. The molecule has 3 heterocycles. The second kappa shape index (κ2) is 8.80. The van der Waals surface area contributed by atoms with Crippen LogP contribution in [0.5, 0.6) is 0 Å². The van der Waals surface area contributed by atoms with Crippen molar-refractivity contribution >= 4 is 17.7 Å². The van der Waals surface area contributed by atoms with E-state index in [9.17, 15) is 4.79 Å². The van der Waals surface area contributed by atoms with Gasteiger partial charge in [0.15, 0.2) is 5.69 Å². The fourth-order valence-electron chi connectivity index (χ4n) is 4.90. The molecular formula is C24H30N8O. The lowest BCUT2D eigenvalue weighted by molar-refractivity contribution is 0.0917. The Balaban J connectivity index is 1.36. The summed E-state index contributed by atoms with van der Waals surface area (Å²) in [5.41, 5.74) is 10.4. The lowest BCUT2D eigenvalue weighted by Gasteiger charge is -2.30. The van der Waals surface area contributed by atoms with Gasteiger partial charge in [0.2, 0.25) is 5.95 Å². The van der Waals surface area contributed by atoms with Crippen molar-refractivity contribution in [2.75, 3.05) is 17.2 Å². The van der Waals surface area contributed by atoms with Crippen LogP contribution in [0.1, 0.15) is 59.9 Å². The Hall–Kier alpha value is -3.49. The van der Waals surface area contributed by atoms with E-state index in [4.69, 9.17) is 5.73 Å². The summed E-state index contributed by atoms with van der Waals surface area (Å²) in [7, 11) is 0. The summed E-state index contributed by atoms with van der Waals surface area (Å²) in [6.07, 6.45) is 6.86. The third-order valence-electron chi connectivity index (χ3n) is 6.88. The summed E-state index contributed by atoms with van der Waals surface area (Å²) >= 11 is 0. The van der Waals surface area contributed by atoms with E-state index in [1.165, 1.54) is 11.1 Å². The van der Waals surface area contributed by atoms with Gasteiger partial charge in [-0.2, -0.15) is 4.98 Å². The number of hydrogen-bond acceptors (Lipinski definition) is 7. The Morgan fingerprint density at radius 1 is 1.18 bits per heavy atom. The maximum Gasteiger partial charge on any atom is 0.273 e. The molecule has 2 aliphatic rings. The van der Waals surface area contributed by atoms with Crippen molar-refractivity contribution in [3.63, 3.8) is 0 Å². The first-order valence-corrected chi connectivity index (χ1v) is 11.7. The number of carbonyl (C=O) groups excluding carboxylic acids is 1. The zero-order chi connectivity index (χ0) is 22.9. The molecule has 33 heavy (non-hydrogen) atoms. The number of amides is 1. The Kier molecular flexibility index (Phi) is 5.70. The molecule has 9 nitrogen and oxygen atoms in total. The third-order valence-corrected chi connectivity index (χ3v) is 6.88. The molecule has 1 aliphatic heterocycles. The van der Waals surface area contributed by atoms with Crippen LogP contribution in [-0.4, -0.2) is 43.5 Å². The number of hydrogen-bond donors (Lipinski definition) is 2. The highest BCUT2D eigenvalue weighted by Crippen LogP contribution is 2.28. The van der Waals surface area contributed by atoms with Gasteiger partial charge >= 0.3 is 0 Å². The van der Waals surface area contributed by atoms with E-state index in [0.717, 1.165) is 55.9 Å². The minimum Gasteiger partial charge on any atom is -0.384 e. The van der Waals surface area contributed by atoms with Crippen molar-refractivity contribution in [2.45, 2.75) is 58.5 Å². The van der Waals surface area contributed by atoms with Crippen LogP contribution in [0.25, 0.3) is 5.69 Å². The van der Waals surface area contributed by atoms with Crippen molar-refractivity contribution in [3.8, 4) is 5.69 Å².